The van der Waals surface area contributed by atoms with Gasteiger partial charge in [0.25, 0.3) is 0 Å². The lowest BCUT2D eigenvalue weighted by atomic mass is 9.34. The molecule has 0 unspecified atom stereocenters. The second-order valence-corrected chi connectivity index (χ2v) is 15.1. The van der Waals surface area contributed by atoms with Crippen molar-refractivity contribution in [3.63, 3.8) is 0 Å². The standard InChI is InChI=1S/C34H52O7/c1-9-22(36)17-28(37)41-27-18-26-32(6)15-10-14-31(5,20(3)40-21(4)35)24(32)13-16-33(26,7)25-12-11-23-19(2)39-30(38)29(23)34(25,27)8/h19-20,22,24-27,36H,9-18H2,1-8H3/t19-,20-,22-,24-,25-,26+,27-,31+,32-,33-,34+/m0/s1. The number of cyclic esters (lactones) is 1. The van der Waals surface area contributed by atoms with Crippen LogP contribution in [0.15, 0.2) is 11.1 Å². The van der Waals surface area contributed by atoms with Crippen LogP contribution in [0.4, 0.5) is 0 Å². The van der Waals surface area contributed by atoms with Crippen molar-refractivity contribution in [3.05, 3.63) is 11.1 Å². The normalized spacial score (nSPS) is 44.9. The van der Waals surface area contributed by atoms with Gasteiger partial charge in [-0.2, -0.15) is 0 Å². The van der Waals surface area contributed by atoms with Crippen molar-refractivity contribution in [2.24, 2.45) is 39.4 Å². The van der Waals surface area contributed by atoms with E-state index < -0.39 is 23.6 Å². The van der Waals surface area contributed by atoms with Gasteiger partial charge < -0.3 is 19.3 Å². The van der Waals surface area contributed by atoms with Crippen LogP contribution in [0.25, 0.3) is 0 Å². The van der Waals surface area contributed by atoms with E-state index in [9.17, 15) is 19.5 Å². The Morgan fingerprint density at radius 1 is 1.05 bits per heavy atom. The van der Waals surface area contributed by atoms with Gasteiger partial charge in [-0.3, -0.25) is 9.59 Å². The molecule has 1 aliphatic heterocycles. The Morgan fingerprint density at radius 3 is 2.39 bits per heavy atom. The first-order chi connectivity index (χ1) is 19.1. The van der Waals surface area contributed by atoms with Crippen molar-refractivity contribution in [1.29, 1.82) is 0 Å². The molecule has 3 saturated carbocycles. The van der Waals surface area contributed by atoms with Crippen molar-refractivity contribution in [2.75, 3.05) is 0 Å². The molecule has 0 saturated heterocycles. The summed E-state index contributed by atoms with van der Waals surface area (Å²) in [6.07, 6.45) is 6.54. The van der Waals surface area contributed by atoms with E-state index in [1.54, 1.807) is 0 Å². The third-order valence-corrected chi connectivity index (χ3v) is 13.2. The van der Waals surface area contributed by atoms with Crippen LogP contribution < -0.4 is 0 Å². The zero-order valence-electron chi connectivity index (χ0n) is 26.5. The molecule has 0 amide bonds. The summed E-state index contributed by atoms with van der Waals surface area (Å²) in [4.78, 5) is 38.7. The number of rotatable bonds is 6. The van der Waals surface area contributed by atoms with Crippen LogP contribution in [0.1, 0.15) is 120 Å². The highest BCUT2D eigenvalue weighted by molar-refractivity contribution is 5.94. The SMILES string of the molecule is CC[C@H](O)CC(=O)O[C@H]1C[C@@H]2[C@@]3(C)CCC[C@](C)([C@H](C)OC(C)=O)[C@@H]3CC[C@@]2(C)[C@@H]2CCC3=C(C(=O)O[C@H]3C)[C@@]12C. The lowest BCUT2D eigenvalue weighted by molar-refractivity contribution is -0.237. The third kappa shape index (κ3) is 4.50. The number of aliphatic hydroxyl groups excluding tert-OH is 1. The molecule has 5 aliphatic rings. The Bertz CT molecular complexity index is 1130. The number of carbonyl (C=O) groups is 3. The maximum atomic E-state index is 13.4. The molecule has 0 bridgehead atoms. The van der Waals surface area contributed by atoms with E-state index in [2.05, 4.69) is 34.6 Å². The summed E-state index contributed by atoms with van der Waals surface area (Å²) in [5, 5.41) is 10.3. The van der Waals surface area contributed by atoms with Crippen molar-refractivity contribution in [3.8, 4) is 0 Å². The average Bonchev–Trinajstić information content (AvgIpc) is 3.18. The average molecular weight is 573 g/mol. The molecule has 0 spiro atoms. The quantitative estimate of drug-likeness (QED) is 0.294. The minimum Gasteiger partial charge on any atom is -0.462 e. The summed E-state index contributed by atoms with van der Waals surface area (Å²) in [5.74, 6) is -0.0665. The fourth-order valence-corrected chi connectivity index (χ4v) is 11.1. The topological polar surface area (TPSA) is 99.1 Å². The predicted molar refractivity (Wildman–Crippen MR) is 154 cm³/mol. The van der Waals surface area contributed by atoms with Crippen LogP contribution in [0.5, 0.6) is 0 Å². The molecule has 5 rings (SSSR count). The molecule has 0 aromatic rings. The van der Waals surface area contributed by atoms with Crippen molar-refractivity contribution < 1.29 is 33.7 Å². The van der Waals surface area contributed by atoms with Gasteiger partial charge in [-0.05, 0) is 99.4 Å². The van der Waals surface area contributed by atoms with E-state index >= 15 is 0 Å². The summed E-state index contributed by atoms with van der Waals surface area (Å²) in [7, 11) is 0. The summed E-state index contributed by atoms with van der Waals surface area (Å²) < 4.78 is 18.0. The monoisotopic (exact) mass is 572 g/mol. The highest BCUT2D eigenvalue weighted by Gasteiger charge is 2.70. The Labute approximate surface area is 246 Å². The van der Waals surface area contributed by atoms with E-state index in [0.717, 1.165) is 56.1 Å². The third-order valence-electron chi connectivity index (χ3n) is 13.2. The molecule has 1 N–H and O–H groups in total. The molecule has 0 aromatic carbocycles. The Kier molecular flexibility index (Phi) is 7.74. The van der Waals surface area contributed by atoms with Crippen LogP contribution in [-0.4, -0.2) is 47.4 Å². The number of ether oxygens (including phenoxy) is 3. The van der Waals surface area contributed by atoms with Gasteiger partial charge in [0.15, 0.2) is 0 Å². The van der Waals surface area contributed by atoms with Gasteiger partial charge >= 0.3 is 17.9 Å². The van der Waals surface area contributed by atoms with E-state index in [4.69, 9.17) is 14.2 Å². The predicted octanol–water partition coefficient (Wildman–Crippen LogP) is 6.30. The highest BCUT2D eigenvalue weighted by atomic mass is 16.6. The zero-order chi connectivity index (χ0) is 30.1. The van der Waals surface area contributed by atoms with E-state index in [0.29, 0.717) is 18.8 Å². The first-order valence-electron chi connectivity index (χ1n) is 16.1. The van der Waals surface area contributed by atoms with Gasteiger partial charge in [0.05, 0.1) is 12.5 Å². The fourth-order valence-electron chi connectivity index (χ4n) is 11.1. The summed E-state index contributed by atoms with van der Waals surface area (Å²) in [5.41, 5.74) is 0.982. The molecule has 7 nitrogen and oxygen atoms in total. The molecule has 3 fully saturated rings. The molecular weight excluding hydrogens is 520 g/mol. The first kappa shape index (κ1) is 30.6. The largest absolute Gasteiger partial charge is 0.462 e. The number of hydrogen-bond acceptors (Lipinski definition) is 7. The Balaban J connectivity index is 1.58. The summed E-state index contributed by atoms with van der Waals surface area (Å²) in [6.45, 7) is 16.7. The highest BCUT2D eigenvalue weighted by Crippen LogP contribution is 2.74. The number of esters is 3. The number of aliphatic hydroxyl groups is 1. The van der Waals surface area contributed by atoms with Crippen LogP contribution in [-0.2, 0) is 28.6 Å². The first-order valence-corrected chi connectivity index (χ1v) is 16.1. The zero-order valence-corrected chi connectivity index (χ0v) is 26.5. The van der Waals surface area contributed by atoms with Crippen molar-refractivity contribution in [1.82, 2.24) is 0 Å². The van der Waals surface area contributed by atoms with E-state index in [1.807, 2.05) is 13.8 Å². The number of carbonyl (C=O) groups excluding carboxylic acids is 3. The van der Waals surface area contributed by atoms with Gasteiger partial charge in [-0.25, -0.2) is 4.79 Å². The second kappa shape index (κ2) is 10.4. The maximum absolute atomic E-state index is 13.4. The molecule has 0 radical (unpaired) electrons. The van der Waals surface area contributed by atoms with Gasteiger partial charge in [0.2, 0.25) is 0 Å². The Hall–Kier alpha value is -1.89. The van der Waals surface area contributed by atoms with Crippen molar-refractivity contribution >= 4 is 17.9 Å². The van der Waals surface area contributed by atoms with E-state index in [1.165, 1.54) is 6.92 Å². The molecule has 1 heterocycles. The molecule has 230 valence electrons. The minimum atomic E-state index is -0.740. The number of hydrogen-bond donors (Lipinski definition) is 1. The summed E-state index contributed by atoms with van der Waals surface area (Å²) >= 11 is 0. The maximum Gasteiger partial charge on any atom is 0.335 e. The van der Waals surface area contributed by atoms with Crippen molar-refractivity contribution in [2.45, 2.75) is 144 Å². The Morgan fingerprint density at radius 2 is 1.73 bits per heavy atom. The van der Waals surface area contributed by atoms with Crippen LogP contribution >= 0.6 is 0 Å². The lowest BCUT2D eigenvalue weighted by Gasteiger charge is -2.70. The molecule has 7 heteroatoms. The smallest absolute Gasteiger partial charge is 0.335 e. The molecule has 11 atom stereocenters. The van der Waals surface area contributed by atoms with Gasteiger partial charge in [0.1, 0.15) is 18.3 Å². The molecule has 41 heavy (non-hydrogen) atoms. The van der Waals surface area contributed by atoms with Gasteiger partial charge in [-0.15, -0.1) is 0 Å². The van der Waals surface area contributed by atoms with E-state index in [-0.39, 0.29) is 58.6 Å². The molecule has 4 aliphatic carbocycles. The fraction of sp³-hybridized carbons (Fsp3) is 0.853. The van der Waals surface area contributed by atoms with Crippen LogP contribution in [0, 0.1) is 39.4 Å². The van der Waals surface area contributed by atoms with Crippen LogP contribution in [0.3, 0.4) is 0 Å². The van der Waals surface area contributed by atoms with Crippen LogP contribution in [0.2, 0.25) is 0 Å². The molecule has 0 aromatic heterocycles. The second-order valence-electron chi connectivity index (χ2n) is 15.1. The lowest BCUT2D eigenvalue weighted by Crippen LogP contribution is -2.67. The van der Waals surface area contributed by atoms with Gasteiger partial charge in [-0.1, -0.05) is 41.0 Å². The summed E-state index contributed by atoms with van der Waals surface area (Å²) in [6, 6.07) is 0. The molecular formula is C34H52O7. The number of fused-ring (bicyclic) bond motifs is 6. The van der Waals surface area contributed by atoms with Gasteiger partial charge in [0, 0.05) is 23.3 Å². The minimum absolute atomic E-state index is 0.0263.